The van der Waals surface area contributed by atoms with Crippen molar-refractivity contribution in [3.8, 4) is 11.5 Å². The average Bonchev–Trinajstić information content (AvgIpc) is 3.26. The Morgan fingerprint density at radius 2 is 1.90 bits per heavy atom. The predicted molar refractivity (Wildman–Crippen MR) is 113 cm³/mol. The maximum absolute atomic E-state index is 12.2. The second-order valence-electron chi connectivity index (χ2n) is 5.96. The van der Waals surface area contributed by atoms with Crippen molar-refractivity contribution in [2.75, 3.05) is 6.61 Å². The number of nitrogens with one attached hydrogen (secondary N) is 1. The molecule has 0 aliphatic carbocycles. The van der Waals surface area contributed by atoms with Crippen molar-refractivity contribution in [2.24, 2.45) is 5.10 Å². The van der Waals surface area contributed by atoms with E-state index in [1.54, 1.807) is 30.3 Å². The lowest BCUT2D eigenvalue weighted by atomic mass is 10.1. The molecule has 3 aromatic rings. The summed E-state index contributed by atoms with van der Waals surface area (Å²) < 4.78 is 11.0. The van der Waals surface area contributed by atoms with Crippen molar-refractivity contribution in [3.05, 3.63) is 82.0 Å². The summed E-state index contributed by atoms with van der Waals surface area (Å²) in [7, 11) is 0. The van der Waals surface area contributed by atoms with Crippen molar-refractivity contribution in [1.29, 1.82) is 0 Å². The lowest BCUT2D eigenvalue weighted by Gasteiger charge is -2.10. The zero-order valence-electron chi connectivity index (χ0n) is 15.8. The number of thiophene rings is 1. The van der Waals surface area contributed by atoms with Crippen LogP contribution in [0.2, 0.25) is 0 Å². The van der Waals surface area contributed by atoms with E-state index in [4.69, 9.17) is 9.47 Å². The average molecular weight is 408 g/mol. The van der Waals surface area contributed by atoms with E-state index >= 15 is 0 Å². The fourth-order valence-electron chi connectivity index (χ4n) is 2.50. The fourth-order valence-corrected chi connectivity index (χ4v) is 3.10. The normalized spacial score (nSPS) is 10.7. The summed E-state index contributed by atoms with van der Waals surface area (Å²) in [4.78, 5) is 24.6. The third-order valence-electron chi connectivity index (χ3n) is 3.80. The monoisotopic (exact) mass is 408 g/mol. The number of carbonyl (C=O) groups excluding carboxylic acids is 2. The molecular weight excluding hydrogens is 388 g/mol. The molecular formula is C22H20N2O4S. The molecule has 29 heavy (non-hydrogen) atoms. The van der Waals surface area contributed by atoms with Crippen LogP contribution in [-0.4, -0.2) is 24.7 Å². The van der Waals surface area contributed by atoms with E-state index in [9.17, 15) is 9.59 Å². The first-order valence-electron chi connectivity index (χ1n) is 9.04. The van der Waals surface area contributed by atoms with Gasteiger partial charge in [0, 0.05) is 0 Å². The number of amides is 1. The molecule has 0 unspecified atom stereocenters. The van der Waals surface area contributed by atoms with Crippen LogP contribution >= 0.6 is 11.3 Å². The third-order valence-corrected chi connectivity index (χ3v) is 4.65. The number of esters is 1. The molecule has 0 bridgehead atoms. The van der Waals surface area contributed by atoms with Gasteiger partial charge in [-0.15, -0.1) is 11.3 Å². The van der Waals surface area contributed by atoms with Crippen LogP contribution in [0.4, 0.5) is 0 Å². The van der Waals surface area contributed by atoms with E-state index in [-0.39, 0.29) is 12.3 Å². The fraction of sp³-hybridized carbons (Fsp3) is 0.136. The second-order valence-corrected chi connectivity index (χ2v) is 6.91. The number of nitrogens with zero attached hydrogens (tertiary/aromatic N) is 1. The number of rotatable bonds is 8. The topological polar surface area (TPSA) is 77.0 Å². The molecule has 1 aromatic heterocycles. The van der Waals surface area contributed by atoms with Crippen LogP contribution in [0.25, 0.3) is 0 Å². The van der Waals surface area contributed by atoms with Crippen LogP contribution in [0.1, 0.15) is 27.7 Å². The van der Waals surface area contributed by atoms with Gasteiger partial charge in [-0.3, -0.25) is 4.79 Å². The summed E-state index contributed by atoms with van der Waals surface area (Å²) in [5.74, 6) is 0.113. The van der Waals surface area contributed by atoms with Crippen LogP contribution in [0.3, 0.4) is 0 Å². The van der Waals surface area contributed by atoms with Gasteiger partial charge in [0.05, 0.1) is 19.2 Å². The van der Waals surface area contributed by atoms with E-state index in [0.29, 0.717) is 28.5 Å². The van der Waals surface area contributed by atoms with E-state index in [0.717, 1.165) is 5.56 Å². The minimum Gasteiger partial charge on any atom is -0.490 e. The van der Waals surface area contributed by atoms with Crippen molar-refractivity contribution in [1.82, 2.24) is 5.43 Å². The van der Waals surface area contributed by atoms with Crippen molar-refractivity contribution in [3.63, 3.8) is 0 Å². The Balaban J connectivity index is 1.63. The Morgan fingerprint density at radius 1 is 1.07 bits per heavy atom. The van der Waals surface area contributed by atoms with Crippen LogP contribution in [0.5, 0.6) is 11.5 Å². The molecule has 2 aromatic carbocycles. The van der Waals surface area contributed by atoms with Gasteiger partial charge in [-0.2, -0.15) is 5.10 Å². The lowest BCUT2D eigenvalue weighted by Crippen LogP contribution is -2.19. The Bertz CT molecular complexity index is 985. The summed E-state index contributed by atoms with van der Waals surface area (Å²) in [6, 6.07) is 18.0. The summed E-state index contributed by atoms with van der Waals surface area (Å²) >= 11 is 1.31. The SMILES string of the molecule is CCOc1cc(/C=N/NC(=O)Cc2ccccc2)ccc1OC(=O)c1cccs1. The summed E-state index contributed by atoms with van der Waals surface area (Å²) in [5, 5.41) is 5.80. The highest BCUT2D eigenvalue weighted by atomic mass is 32.1. The zero-order chi connectivity index (χ0) is 20.5. The van der Waals surface area contributed by atoms with Gasteiger partial charge in [-0.05, 0) is 47.7 Å². The van der Waals surface area contributed by atoms with Gasteiger partial charge < -0.3 is 9.47 Å². The van der Waals surface area contributed by atoms with Gasteiger partial charge in [0.15, 0.2) is 11.5 Å². The molecule has 148 valence electrons. The summed E-state index contributed by atoms with van der Waals surface area (Å²) in [6.07, 6.45) is 1.76. The number of hydrogen-bond donors (Lipinski definition) is 1. The van der Waals surface area contributed by atoms with Crippen LogP contribution in [0.15, 0.2) is 71.1 Å². The number of benzene rings is 2. The van der Waals surface area contributed by atoms with Gasteiger partial charge in [0.25, 0.3) is 0 Å². The molecule has 7 heteroatoms. The van der Waals surface area contributed by atoms with Gasteiger partial charge >= 0.3 is 5.97 Å². The molecule has 0 atom stereocenters. The first kappa shape index (κ1) is 20.3. The molecule has 1 N–H and O–H groups in total. The smallest absolute Gasteiger partial charge is 0.353 e. The first-order valence-corrected chi connectivity index (χ1v) is 9.92. The minimum atomic E-state index is -0.435. The molecule has 6 nitrogen and oxygen atoms in total. The van der Waals surface area contributed by atoms with Crippen molar-refractivity contribution in [2.45, 2.75) is 13.3 Å². The molecule has 0 saturated heterocycles. The highest BCUT2D eigenvalue weighted by Gasteiger charge is 2.14. The highest BCUT2D eigenvalue weighted by molar-refractivity contribution is 7.12. The van der Waals surface area contributed by atoms with E-state index < -0.39 is 5.97 Å². The van der Waals surface area contributed by atoms with Crippen molar-refractivity contribution < 1.29 is 19.1 Å². The molecule has 0 aliphatic rings. The van der Waals surface area contributed by atoms with E-state index in [1.807, 2.05) is 42.6 Å². The van der Waals surface area contributed by atoms with Crippen molar-refractivity contribution >= 4 is 29.4 Å². The summed E-state index contributed by atoms with van der Waals surface area (Å²) in [5.41, 5.74) is 4.11. The molecule has 0 aliphatic heterocycles. The molecule has 0 radical (unpaired) electrons. The predicted octanol–water partition coefficient (Wildman–Crippen LogP) is 4.06. The zero-order valence-corrected chi connectivity index (χ0v) is 16.6. The first-order chi connectivity index (χ1) is 14.2. The minimum absolute atomic E-state index is 0.209. The lowest BCUT2D eigenvalue weighted by molar-refractivity contribution is -0.120. The standard InChI is InChI=1S/C22H20N2O4S/c1-2-27-19-13-17(10-11-18(19)28-22(26)20-9-6-12-29-20)15-23-24-21(25)14-16-7-4-3-5-8-16/h3-13,15H,2,14H2,1H3,(H,24,25)/b23-15+. The number of ether oxygens (including phenoxy) is 2. The largest absolute Gasteiger partial charge is 0.490 e. The van der Waals surface area contributed by atoms with Crippen LogP contribution in [-0.2, 0) is 11.2 Å². The molecule has 0 saturated carbocycles. The molecule has 0 spiro atoms. The Hall–Kier alpha value is -3.45. The van der Waals surface area contributed by atoms with E-state index in [1.165, 1.54) is 17.6 Å². The highest BCUT2D eigenvalue weighted by Crippen LogP contribution is 2.29. The quantitative estimate of drug-likeness (QED) is 0.264. The van der Waals surface area contributed by atoms with E-state index in [2.05, 4.69) is 10.5 Å². The Kier molecular flexibility index (Phi) is 7.13. The van der Waals surface area contributed by atoms with Gasteiger partial charge in [0.2, 0.25) is 5.91 Å². The van der Waals surface area contributed by atoms with Crippen LogP contribution in [0, 0.1) is 0 Å². The maximum Gasteiger partial charge on any atom is 0.353 e. The third kappa shape index (κ3) is 6.02. The molecule has 1 heterocycles. The summed E-state index contributed by atoms with van der Waals surface area (Å²) in [6.45, 7) is 2.26. The Morgan fingerprint density at radius 3 is 2.62 bits per heavy atom. The number of hydrogen-bond acceptors (Lipinski definition) is 6. The van der Waals surface area contributed by atoms with Gasteiger partial charge in [-0.25, -0.2) is 10.2 Å². The maximum atomic E-state index is 12.2. The molecule has 1 amide bonds. The number of carbonyl (C=O) groups is 2. The molecule has 3 rings (SSSR count). The number of hydrazone groups is 1. The van der Waals surface area contributed by atoms with Gasteiger partial charge in [0.1, 0.15) is 4.88 Å². The second kappa shape index (κ2) is 10.2. The van der Waals surface area contributed by atoms with Gasteiger partial charge in [-0.1, -0.05) is 36.4 Å². The van der Waals surface area contributed by atoms with Crippen LogP contribution < -0.4 is 14.9 Å². The Labute approximate surface area is 172 Å². The molecule has 0 fully saturated rings.